The van der Waals surface area contributed by atoms with Crippen LogP contribution in [0.25, 0.3) is 0 Å². The van der Waals surface area contributed by atoms with Gasteiger partial charge in [-0.2, -0.15) is 0 Å². The fraction of sp³-hybridized carbons (Fsp3) is 0.933. The molecule has 2 rings (SSSR count). The van der Waals surface area contributed by atoms with Crippen LogP contribution < -0.4 is 5.32 Å². The van der Waals surface area contributed by atoms with Gasteiger partial charge in [-0.15, -0.1) is 0 Å². The smallest absolute Gasteiger partial charge is 0.410 e. The molecule has 1 heterocycles. The quantitative estimate of drug-likeness (QED) is 0.837. The summed E-state index contributed by atoms with van der Waals surface area (Å²) in [5.41, 5.74) is -0.397. The first kappa shape index (κ1) is 14.6. The molecule has 4 heteroatoms. The fourth-order valence-electron chi connectivity index (χ4n) is 2.99. The second-order valence-corrected chi connectivity index (χ2v) is 6.91. The Morgan fingerprint density at radius 3 is 2.42 bits per heavy atom. The Bertz CT molecular complexity index is 306. The van der Waals surface area contributed by atoms with Crippen LogP contribution >= 0.6 is 0 Å². The van der Waals surface area contributed by atoms with Crippen LogP contribution in [-0.4, -0.2) is 41.8 Å². The van der Waals surface area contributed by atoms with E-state index in [0.717, 1.165) is 19.5 Å². The largest absolute Gasteiger partial charge is 0.444 e. The maximum atomic E-state index is 12.0. The van der Waals surface area contributed by atoms with Gasteiger partial charge in [0.05, 0.1) is 0 Å². The van der Waals surface area contributed by atoms with E-state index >= 15 is 0 Å². The van der Waals surface area contributed by atoms with E-state index in [0.29, 0.717) is 12.1 Å². The minimum absolute atomic E-state index is 0.166. The van der Waals surface area contributed by atoms with Crippen molar-refractivity contribution in [3.05, 3.63) is 0 Å². The lowest BCUT2D eigenvalue weighted by Crippen LogP contribution is -2.42. The van der Waals surface area contributed by atoms with Crippen LogP contribution in [0, 0.1) is 0 Å². The molecule has 0 aromatic heterocycles. The Morgan fingerprint density at radius 2 is 1.79 bits per heavy atom. The summed E-state index contributed by atoms with van der Waals surface area (Å²) in [7, 11) is 0. The number of carbonyl (C=O) groups is 1. The molecular weight excluding hydrogens is 240 g/mol. The third kappa shape index (κ3) is 4.68. The molecule has 0 radical (unpaired) electrons. The highest BCUT2D eigenvalue weighted by Gasteiger charge is 2.30. The summed E-state index contributed by atoms with van der Waals surface area (Å²) in [5.74, 6) is 0. The first-order valence-corrected chi connectivity index (χ1v) is 7.68. The van der Waals surface area contributed by atoms with Crippen LogP contribution in [0.1, 0.15) is 59.3 Å². The molecule has 0 aromatic carbocycles. The van der Waals surface area contributed by atoms with Gasteiger partial charge in [0.15, 0.2) is 0 Å². The van der Waals surface area contributed by atoms with E-state index in [1.165, 1.54) is 32.1 Å². The maximum Gasteiger partial charge on any atom is 0.410 e. The number of nitrogens with one attached hydrogen (secondary N) is 1. The zero-order chi connectivity index (χ0) is 13.9. The molecule has 0 aromatic rings. The second kappa shape index (κ2) is 6.12. The third-order valence-corrected chi connectivity index (χ3v) is 3.92. The highest BCUT2D eigenvalue weighted by Crippen LogP contribution is 2.20. The van der Waals surface area contributed by atoms with Gasteiger partial charge in [-0.1, -0.05) is 19.3 Å². The summed E-state index contributed by atoms with van der Waals surface area (Å²) in [5, 5.41) is 3.72. The van der Waals surface area contributed by atoms with Crippen LogP contribution in [0.3, 0.4) is 0 Å². The van der Waals surface area contributed by atoms with Crippen molar-refractivity contribution < 1.29 is 9.53 Å². The number of ether oxygens (including phenoxy) is 1. The summed E-state index contributed by atoms with van der Waals surface area (Å²) in [6, 6.07) is 1.12. The monoisotopic (exact) mass is 268 g/mol. The van der Waals surface area contributed by atoms with Gasteiger partial charge in [-0.3, -0.25) is 0 Å². The molecule has 19 heavy (non-hydrogen) atoms. The van der Waals surface area contributed by atoms with E-state index < -0.39 is 5.60 Å². The SMILES string of the molecule is CC(C)(C)OC(=O)N1CC[C@H](NC2CCCCC2)C1. The fourth-order valence-corrected chi connectivity index (χ4v) is 2.99. The zero-order valence-corrected chi connectivity index (χ0v) is 12.6. The molecule has 0 spiro atoms. The first-order chi connectivity index (χ1) is 8.94. The van der Waals surface area contributed by atoms with Crippen molar-refractivity contribution in [2.75, 3.05) is 13.1 Å². The lowest BCUT2D eigenvalue weighted by atomic mass is 9.95. The van der Waals surface area contributed by atoms with Gasteiger partial charge in [-0.25, -0.2) is 4.79 Å². The standard InChI is InChI=1S/C15H28N2O2/c1-15(2,3)19-14(18)17-10-9-13(11-17)16-12-7-5-4-6-8-12/h12-13,16H,4-11H2,1-3H3/t13-/m0/s1. The Kier molecular flexibility index (Phi) is 4.71. The number of hydrogen-bond donors (Lipinski definition) is 1. The second-order valence-electron chi connectivity index (χ2n) is 6.91. The van der Waals surface area contributed by atoms with Crippen LogP contribution in [0.15, 0.2) is 0 Å². The minimum Gasteiger partial charge on any atom is -0.444 e. The molecule has 0 bridgehead atoms. The van der Waals surface area contributed by atoms with Gasteiger partial charge in [0.2, 0.25) is 0 Å². The number of hydrogen-bond acceptors (Lipinski definition) is 3. The Morgan fingerprint density at radius 1 is 1.11 bits per heavy atom. The third-order valence-electron chi connectivity index (χ3n) is 3.92. The minimum atomic E-state index is -0.397. The zero-order valence-electron chi connectivity index (χ0n) is 12.6. The number of amides is 1. The van der Waals surface area contributed by atoms with Gasteiger partial charge in [0.1, 0.15) is 5.60 Å². The molecule has 2 fully saturated rings. The van der Waals surface area contributed by atoms with Crippen molar-refractivity contribution in [3.63, 3.8) is 0 Å². The van der Waals surface area contributed by atoms with Gasteiger partial charge in [0.25, 0.3) is 0 Å². The molecule has 1 aliphatic heterocycles. The highest BCUT2D eigenvalue weighted by atomic mass is 16.6. The Hall–Kier alpha value is -0.770. The van der Waals surface area contributed by atoms with Crippen molar-refractivity contribution in [3.8, 4) is 0 Å². The van der Waals surface area contributed by atoms with Gasteiger partial charge < -0.3 is 15.0 Å². The molecule has 1 saturated carbocycles. The Balaban J connectivity index is 1.74. The number of nitrogens with zero attached hydrogens (tertiary/aromatic N) is 1. The van der Waals surface area contributed by atoms with E-state index in [1.54, 1.807) is 0 Å². The Labute approximate surface area is 116 Å². The molecule has 1 N–H and O–H groups in total. The average molecular weight is 268 g/mol. The molecule has 0 unspecified atom stereocenters. The molecule has 110 valence electrons. The molecular formula is C15H28N2O2. The topological polar surface area (TPSA) is 41.6 Å². The summed E-state index contributed by atoms with van der Waals surface area (Å²) >= 11 is 0. The van der Waals surface area contributed by atoms with E-state index in [1.807, 2.05) is 25.7 Å². The van der Waals surface area contributed by atoms with E-state index in [9.17, 15) is 4.79 Å². The number of carbonyl (C=O) groups excluding carboxylic acids is 1. The normalized spacial score (nSPS) is 25.6. The van der Waals surface area contributed by atoms with Crippen LogP contribution in [0.2, 0.25) is 0 Å². The van der Waals surface area contributed by atoms with E-state index in [4.69, 9.17) is 4.74 Å². The summed E-state index contributed by atoms with van der Waals surface area (Å²) in [6.45, 7) is 7.36. The summed E-state index contributed by atoms with van der Waals surface area (Å²) < 4.78 is 5.42. The average Bonchev–Trinajstić information content (AvgIpc) is 2.77. The van der Waals surface area contributed by atoms with E-state index in [2.05, 4.69) is 5.32 Å². The van der Waals surface area contributed by atoms with Crippen molar-refractivity contribution in [1.29, 1.82) is 0 Å². The predicted octanol–water partition coefficient (Wildman–Crippen LogP) is 2.92. The van der Waals surface area contributed by atoms with Gasteiger partial charge in [-0.05, 0) is 40.0 Å². The number of rotatable bonds is 2. The first-order valence-electron chi connectivity index (χ1n) is 7.68. The van der Waals surface area contributed by atoms with Crippen molar-refractivity contribution >= 4 is 6.09 Å². The van der Waals surface area contributed by atoms with Gasteiger partial charge >= 0.3 is 6.09 Å². The lowest BCUT2D eigenvalue weighted by Gasteiger charge is -2.27. The molecule has 4 nitrogen and oxygen atoms in total. The van der Waals surface area contributed by atoms with E-state index in [-0.39, 0.29) is 6.09 Å². The van der Waals surface area contributed by atoms with Crippen LogP contribution in [-0.2, 0) is 4.74 Å². The lowest BCUT2D eigenvalue weighted by molar-refractivity contribution is 0.0290. The summed E-state index contributed by atoms with van der Waals surface area (Å²) in [4.78, 5) is 13.8. The predicted molar refractivity (Wildman–Crippen MR) is 76.2 cm³/mol. The van der Waals surface area contributed by atoms with Crippen LogP contribution in [0.5, 0.6) is 0 Å². The molecule has 1 atom stereocenters. The molecule has 1 saturated heterocycles. The van der Waals surface area contributed by atoms with Crippen molar-refractivity contribution in [2.45, 2.75) is 77.0 Å². The van der Waals surface area contributed by atoms with Gasteiger partial charge in [0, 0.05) is 25.2 Å². The molecule has 1 aliphatic carbocycles. The van der Waals surface area contributed by atoms with Crippen molar-refractivity contribution in [1.82, 2.24) is 10.2 Å². The highest BCUT2D eigenvalue weighted by molar-refractivity contribution is 5.68. The summed E-state index contributed by atoms with van der Waals surface area (Å²) in [6.07, 6.45) is 7.55. The number of likely N-dealkylation sites (tertiary alicyclic amines) is 1. The molecule has 1 amide bonds. The maximum absolute atomic E-state index is 12.0. The van der Waals surface area contributed by atoms with Crippen LogP contribution in [0.4, 0.5) is 4.79 Å². The van der Waals surface area contributed by atoms with Crippen molar-refractivity contribution in [2.24, 2.45) is 0 Å². The molecule has 2 aliphatic rings.